The molecule has 5 heteroatoms. The molecule has 0 aromatic carbocycles. The predicted molar refractivity (Wildman–Crippen MR) is 81.1 cm³/mol. The SMILES string of the molecule is CCCCCOC[C@H]1OC(O)C[C@H](OCCCCC)[C@H]1O. The van der Waals surface area contributed by atoms with Crippen molar-refractivity contribution in [2.45, 2.75) is 83.4 Å². The van der Waals surface area contributed by atoms with Crippen LogP contribution in [0.25, 0.3) is 0 Å². The van der Waals surface area contributed by atoms with Gasteiger partial charge in [-0.05, 0) is 12.8 Å². The van der Waals surface area contributed by atoms with E-state index in [1.165, 1.54) is 0 Å². The van der Waals surface area contributed by atoms with Crippen molar-refractivity contribution >= 4 is 0 Å². The molecule has 1 fully saturated rings. The van der Waals surface area contributed by atoms with Crippen LogP contribution in [0.3, 0.4) is 0 Å². The van der Waals surface area contributed by atoms with E-state index in [1.54, 1.807) is 0 Å². The molecule has 0 aromatic heterocycles. The van der Waals surface area contributed by atoms with E-state index in [4.69, 9.17) is 14.2 Å². The second kappa shape index (κ2) is 11.4. The third kappa shape index (κ3) is 7.56. The summed E-state index contributed by atoms with van der Waals surface area (Å²) in [6.07, 6.45) is 4.37. The van der Waals surface area contributed by atoms with Gasteiger partial charge in [0.2, 0.25) is 0 Å². The van der Waals surface area contributed by atoms with Crippen LogP contribution >= 0.6 is 0 Å². The molecule has 0 bridgehead atoms. The first-order valence-corrected chi connectivity index (χ1v) is 8.40. The second-order valence-electron chi connectivity index (χ2n) is 5.75. The lowest BCUT2D eigenvalue weighted by atomic mass is 10.0. The van der Waals surface area contributed by atoms with Crippen LogP contribution in [0.2, 0.25) is 0 Å². The molecule has 4 atom stereocenters. The summed E-state index contributed by atoms with van der Waals surface area (Å²) in [5.41, 5.74) is 0. The quantitative estimate of drug-likeness (QED) is 0.573. The first-order chi connectivity index (χ1) is 10.2. The summed E-state index contributed by atoms with van der Waals surface area (Å²) in [6.45, 7) is 5.87. The second-order valence-corrected chi connectivity index (χ2v) is 5.75. The van der Waals surface area contributed by atoms with Gasteiger partial charge in [0.1, 0.15) is 12.2 Å². The molecule has 0 aromatic rings. The van der Waals surface area contributed by atoms with Gasteiger partial charge >= 0.3 is 0 Å². The first-order valence-electron chi connectivity index (χ1n) is 8.40. The molecule has 1 unspecified atom stereocenters. The van der Waals surface area contributed by atoms with Crippen molar-refractivity contribution < 1.29 is 24.4 Å². The smallest absolute Gasteiger partial charge is 0.157 e. The number of hydrogen-bond donors (Lipinski definition) is 2. The highest BCUT2D eigenvalue weighted by molar-refractivity contribution is 4.83. The van der Waals surface area contributed by atoms with Crippen molar-refractivity contribution in [2.24, 2.45) is 0 Å². The fourth-order valence-corrected chi connectivity index (χ4v) is 2.46. The average molecular weight is 304 g/mol. The van der Waals surface area contributed by atoms with Crippen molar-refractivity contribution in [1.82, 2.24) is 0 Å². The third-order valence-corrected chi connectivity index (χ3v) is 3.78. The molecule has 1 aliphatic heterocycles. The molecular formula is C16H32O5. The Kier molecular flexibility index (Phi) is 10.2. The maximum atomic E-state index is 10.3. The Morgan fingerprint density at radius 1 is 1.00 bits per heavy atom. The van der Waals surface area contributed by atoms with E-state index in [1.807, 2.05) is 0 Å². The summed E-state index contributed by atoms with van der Waals surface area (Å²) in [5, 5.41) is 20.0. The van der Waals surface area contributed by atoms with E-state index < -0.39 is 18.5 Å². The lowest BCUT2D eigenvalue weighted by Gasteiger charge is -2.37. The van der Waals surface area contributed by atoms with Crippen LogP contribution in [0.4, 0.5) is 0 Å². The fraction of sp³-hybridized carbons (Fsp3) is 1.00. The lowest BCUT2D eigenvalue weighted by Crippen LogP contribution is -2.51. The van der Waals surface area contributed by atoms with Crippen LogP contribution in [-0.2, 0) is 14.2 Å². The molecule has 0 aliphatic carbocycles. The molecule has 2 N–H and O–H groups in total. The van der Waals surface area contributed by atoms with Gasteiger partial charge in [-0.3, -0.25) is 0 Å². The number of ether oxygens (including phenoxy) is 3. The first kappa shape index (κ1) is 18.8. The van der Waals surface area contributed by atoms with Crippen molar-refractivity contribution in [2.75, 3.05) is 19.8 Å². The van der Waals surface area contributed by atoms with Gasteiger partial charge in [-0.2, -0.15) is 0 Å². The predicted octanol–water partition coefficient (Wildman–Crippen LogP) is 2.24. The normalized spacial score (nSPS) is 29.7. The van der Waals surface area contributed by atoms with Gasteiger partial charge in [-0.15, -0.1) is 0 Å². The van der Waals surface area contributed by atoms with Crippen molar-refractivity contribution in [1.29, 1.82) is 0 Å². The highest BCUT2D eigenvalue weighted by atomic mass is 16.6. The minimum Gasteiger partial charge on any atom is -0.388 e. The number of unbranched alkanes of at least 4 members (excludes halogenated alkanes) is 4. The van der Waals surface area contributed by atoms with Gasteiger partial charge in [0.25, 0.3) is 0 Å². The van der Waals surface area contributed by atoms with Gasteiger partial charge in [-0.1, -0.05) is 39.5 Å². The summed E-state index contributed by atoms with van der Waals surface area (Å²) in [5.74, 6) is 0. The maximum absolute atomic E-state index is 10.3. The van der Waals surface area contributed by atoms with Crippen LogP contribution in [0, 0.1) is 0 Å². The van der Waals surface area contributed by atoms with E-state index in [0.717, 1.165) is 38.5 Å². The van der Waals surface area contributed by atoms with Crippen molar-refractivity contribution in [3.05, 3.63) is 0 Å². The molecule has 21 heavy (non-hydrogen) atoms. The number of aliphatic hydroxyl groups is 2. The van der Waals surface area contributed by atoms with E-state index >= 15 is 0 Å². The van der Waals surface area contributed by atoms with Gasteiger partial charge in [-0.25, -0.2) is 0 Å². The Morgan fingerprint density at radius 3 is 2.33 bits per heavy atom. The Bertz CT molecular complexity index is 249. The summed E-state index contributed by atoms with van der Waals surface area (Å²) in [6, 6.07) is 0. The molecule has 0 spiro atoms. The summed E-state index contributed by atoms with van der Waals surface area (Å²) in [7, 11) is 0. The molecule has 0 saturated carbocycles. The Morgan fingerprint density at radius 2 is 1.67 bits per heavy atom. The Hall–Kier alpha value is -0.200. The maximum Gasteiger partial charge on any atom is 0.157 e. The zero-order valence-electron chi connectivity index (χ0n) is 13.5. The van der Waals surface area contributed by atoms with Crippen LogP contribution in [0.1, 0.15) is 58.8 Å². The molecule has 0 amide bonds. The number of hydrogen-bond acceptors (Lipinski definition) is 5. The summed E-state index contributed by atoms with van der Waals surface area (Å²) < 4.78 is 16.6. The van der Waals surface area contributed by atoms with Crippen molar-refractivity contribution in [3.8, 4) is 0 Å². The minimum absolute atomic E-state index is 0.302. The number of aliphatic hydroxyl groups excluding tert-OH is 2. The number of rotatable bonds is 11. The topological polar surface area (TPSA) is 68.2 Å². The zero-order chi connectivity index (χ0) is 15.5. The van der Waals surface area contributed by atoms with E-state index in [9.17, 15) is 10.2 Å². The van der Waals surface area contributed by atoms with E-state index in [2.05, 4.69) is 13.8 Å². The molecule has 0 radical (unpaired) electrons. The van der Waals surface area contributed by atoms with Gasteiger partial charge in [0, 0.05) is 19.6 Å². The van der Waals surface area contributed by atoms with E-state index in [-0.39, 0.29) is 6.10 Å². The molecular weight excluding hydrogens is 272 g/mol. The average Bonchev–Trinajstić information content (AvgIpc) is 2.47. The highest BCUT2D eigenvalue weighted by Crippen LogP contribution is 2.22. The zero-order valence-corrected chi connectivity index (χ0v) is 13.5. The van der Waals surface area contributed by atoms with Crippen LogP contribution in [0.5, 0.6) is 0 Å². The largest absolute Gasteiger partial charge is 0.388 e. The van der Waals surface area contributed by atoms with Gasteiger partial charge < -0.3 is 24.4 Å². The van der Waals surface area contributed by atoms with E-state index in [0.29, 0.717) is 26.2 Å². The van der Waals surface area contributed by atoms with Crippen LogP contribution in [0.15, 0.2) is 0 Å². The monoisotopic (exact) mass is 304 g/mol. The highest BCUT2D eigenvalue weighted by Gasteiger charge is 2.37. The molecule has 126 valence electrons. The van der Waals surface area contributed by atoms with Crippen LogP contribution < -0.4 is 0 Å². The molecule has 1 heterocycles. The summed E-state index contributed by atoms with van der Waals surface area (Å²) >= 11 is 0. The molecule has 1 aliphatic rings. The van der Waals surface area contributed by atoms with Crippen molar-refractivity contribution in [3.63, 3.8) is 0 Å². The standard InChI is InChI=1S/C16H32O5/c1-3-5-7-9-19-12-14-16(18)13(11-15(17)21-14)20-10-8-6-4-2/h13-18H,3-12H2,1-2H3/t13-,14+,15?,16+/m0/s1. The lowest BCUT2D eigenvalue weighted by molar-refractivity contribution is -0.251. The Balaban J connectivity index is 2.27. The molecule has 1 saturated heterocycles. The van der Waals surface area contributed by atoms with Crippen LogP contribution in [-0.4, -0.2) is 54.6 Å². The summed E-state index contributed by atoms with van der Waals surface area (Å²) in [4.78, 5) is 0. The molecule has 1 rings (SSSR count). The minimum atomic E-state index is -0.881. The Labute approximate surface area is 128 Å². The third-order valence-electron chi connectivity index (χ3n) is 3.78. The van der Waals surface area contributed by atoms with Gasteiger partial charge in [0.15, 0.2) is 6.29 Å². The fourth-order valence-electron chi connectivity index (χ4n) is 2.46. The molecule has 5 nitrogen and oxygen atoms in total. The van der Waals surface area contributed by atoms with Gasteiger partial charge in [0.05, 0.1) is 12.7 Å².